The predicted molar refractivity (Wildman–Crippen MR) is 97.2 cm³/mol. The Bertz CT molecular complexity index is 650. The van der Waals surface area contributed by atoms with Crippen molar-refractivity contribution in [1.29, 1.82) is 0 Å². The summed E-state index contributed by atoms with van der Waals surface area (Å²) in [5.41, 5.74) is 5.51. The Hall–Kier alpha value is -1.93. The van der Waals surface area contributed by atoms with Gasteiger partial charge in [-0.3, -0.25) is 4.79 Å². The third kappa shape index (κ3) is 4.52. The molecule has 0 amide bonds. The minimum atomic E-state index is -0.0208. The molecule has 1 atom stereocenters. The van der Waals surface area contributed by atoms with E-state index in [4.69, 9.17) is 0 Å². The van der Waals surface area contributed by atoms with Crippen molar-refractivity contribution in [3.05, 3.63) is 70.3 Å². The first-order valence-electron chi connectivity index (χ1n) is 8.19. The Kier molecular flexibility index (Phi) is 5.73. The van der Waals surface area contributed by atoms with Gasteiger partial charge in [0.1, 0.15) is 0 Å². The van der Waals surface area contributed by atoms with Gasteiger partial charge in [-0.25, -0.2) is 0 Å². The van der Waals surface area contributed by atoms with Crippen LogP contribution in [0.3, 0.4) is 0 Å². The van der Waals surface area contributed by atoms with E-state index in [9.17, 15) is 4.79 Å². The molecule has 122 valence electrons. The molecule has 0 aromatic heterocycles. The number of Topliss-reactive ketones (excluding diaryl/α,β-unsaturated/α-hetero) is 1. The zero-order valence-electron chi connectivity index (χ0n) is 14.9. The van der Waals surface area contributed by atoms with Crippen LogP contribution in [0.5, 0.6) is 0 Å². The molecule has 0 heterocycles. The van der Waals surface area contributed by atoms with E-state index >= 15 is 0 Å². The van der Waals surface area contributed by atoms with Gasteiger partial charge in [-0.1, -0.05) is 48.0 Å². The first kappa shape index (κ1) is 17.4. The van der Waals surface area contributed by atoms with Crippen LogP contribution in [0.2, 0.25) is 0 Å². The highest BCUT2D eigenvalue weighted by molar-refractivity contribution is 6.00. The Labute approximate surface area is 140 Å². The molecule has 2 nitrogen and oxygen atoms in total. The van der Waals surface area contributed by atoms with Crippen LogP contribution in [0.1, 0.15) is 32.6 Å². The fourth-order valence-corrected chi connectivity index (χ4v) is 3.35. The average molecular weight is 309 g/mol. The lowest BCUT2D eigenvalue weighted by Crippen LogP contribution is -2.30. The van der Waals surface area contributed by atoms with Gasteiger partial charge >= 0.3 is 0 Å². The maximum Gasteiger partial charge on any atom is 0.168 e. The fraction of sp³-hybridized carbons (Fsp3) is 0.381. The summed E-state index contributed by atoms with van der Waals surface area (Å²) >= 11 is 0. The van der Waals surface area contributed by atoms with Gasteiger partial charge in [0.15, 0.2) is 5.78 Å². The normalized spacial score (nSPS) is 12.4. The van der Waals surface area contributed by atoms with E-state index in [1.807, 2.05) is 46.1 Å². The van der Waals surface area contributed by atoms with Gasteiger partial charge in [0.05, 0.1) is 0 Å². The number of benzene rings is 2. The minimum Gasteiger partial charge on any atom is -0.309 e. The molecule has 0 bridgehead atoms. The molecule has 2 aromatic rings. The lowest BCUT2D eigenvalue weighted by Gasteiger charge is -2.22. The number of hydrogen-bond donors (Lipinski definition) is 0. The molecule has 2 heteroatoms. The van der Waals surface area contributed by atoms with Crippen LogP contribution >= 0.6 is 0 Å². The summed E-state index contributed by atoms with van der Waals surface area (Å²) in [5.74, 6) is 0.241. The van der Waals surface area contributed by atoms with Crippen LogP contribution in [0, 0.1) is 26.7 Å². The lowest BCUT2D eigenvalue weighted by molar-refractivity contribution is 0.0895. The molecule has 0 aliphatic carbocycles. The van der Waals surface area contributed by atoms with Crippen LogP contribution in [-0.2, 0) is 6.42 Å². The Morgan fingerprint density at radius 2 is 1.57 bits per heavy atom. The minimum absolute atomic E-state index is 0.0208. The lowest BCUT2D eigenvalue weighted by atomic mass is 9.86. The van der Waals surface area contributed by atoms with Crippen molar-refractivity contribution in [2.75, 3.05) is 20.6 Å². The molecule has 0 radical (unpaired) electrons. The number of rotatable bonds is 6. The van der Waals surface area contributed by atoms with Gasteiger partial charge in [-0.2, -0.15) is 0 Å². The fourth-order valence-electron chi connectivity index (χ4n) is 3.35. The molecular weight excluding hydrogens is 282 g/mol. The summed E-state index contributed by atoms with van der Waals surface area (Å²) in [6.45, 7) is 6.93. The largest absolute Gasteiger partial charge is 0.309 e. The molecule has 0 spiro atoms. The zero-order chi connectivity index (χ0) is 17.0. The second kappa shape index (κ2) is 7.56. The summed E-state index contributed by atoms with van der Waals surface area (Å²) in [6, 6.07) is 14.5. The van der Waals surface area contributed by atoms with Gasteiger partial charge in [0.2, 0.25) is 0 Å². The second-order valence-corrected chi connectivity index (χ2v) is 6.79. The highest BCUT2D eigenvalue weighted by atomic mass is 16.1. The number of nitrogens with zero attached hydrogens (tertiary/aromatic N) is 1. The third-order valence-electron chi connectivity index (χ3n) is 4.20. The molecule has 0 unspecified atom stereocenters. The van der Waals surface area contributed by atoms with Crippen molar-refractivity contribution in [3.63, 3.8) is 0 Å². The molecular formula is C21H27NO. The van der Waals surface area contributed by atoms with E-state index in [2.05, 4.69) is 36.1 Å². The van der Waals surface area contributed by atoms with Crippen molar-refractivity contribution in [3.8, 4) is 0 Å². The molecule has 0 N–H and O–H groups in total. The monoisotopic (exact) mass is 309 g/mol. The van der Waals surface area contributed by atoms with Gasteiger partial charge in [-0.15, -0.1) is 0 Å². The van der Waals surface area contributed by atoms with Gasteiger partial charge in [-0.05, 0) is 58.0 Å². The van der Waals surface area contributed by atoms with Gasteiger partial charge in [0, 0.05) is 18.0 Å². The maximum atomic E-state index is 13.2. The highest BCUT2D eigenvalue weighted by Crippen LogP contribution is 2.22. The molecule has 2 aromatic carbocycles. The quantitative estimate of drug-likeness (QED) is 0.745. The number of carbonyl (C=O) groups is 1. The summed E-state index contributed by atoms with van der Waals surface area (Å²) in [7, 11) is 4.06. The van der Waals surface area contributed by atoms with E-state index in [-0.39, 0.29) is 11.7 Å². The highest BCUT2D eigenvalue weighted by Gasteiger charge is 2.24. The smallest absolute Gasteiger partial charge is 0.168 e. The standard InChI is InChI=1S/C21H27NO/c1-15-11-16(2)20(17(3)12-15)21(23)19(14-22(4)5)13-18-9-7-6-8-10-18/h6-12,19H,13-14H2,1-5H3/t19-/m0/s1. The Balaban J connectivity index is 2.34. The molecule has 0 saturated carbocycles. The summed E-state index contributed by atoms with van der Waals surface area (Å²) < 4.78 is 0. The summed E-state index contributed by atoms with van der Waals surface area (Å²) in [6.07, 6.45) is 0.782. The van der Waals surface area contributed by atoms with Crippen molar-refractivity contribution in [1.82, 2.24) is 4.90 Å². The van der Waals surface area contributed by atoms with E-state index < -0.39 is 0 Å². The SMILES string of the molecule is Cc1cc(C)c(C(=O)[C@@H](Cc2ccccc2)CN(C)C)c(C)c1. The maximum absolute atomic E-state index is 13.2. The van der Waals surface area contributed by atoms with E-state index in [0.29, 0.717) is 0 Å². The Morgan fingerprint density at radius 1 is 1.00 bits per heavy atom. The van der Waals surface area contributed by atoms with Crippen LogP contribution in [0.15, 0.2) is 42.5 Å². The van der Waals surface area contributed by atoms with Crippen molar-refractivity contribution in [2.45, 2.75) is 27.2 Å². The number of ketones is 1. The Morgan fingerprint density at radius 3 is 2.09 bits per heavy atom. The molecule has 0 aliphatic heterocycles. The number of hydrogen-bond acceptors (Lipinski definition) is 2. The van der Waals surface area contributed by atoms with E-state index in [0.717, 1.165) is 29.7 Å². The molecule has 2 rings (SSSR count). The van der Waals surface area contributed by atoms with Crippen LogP contribution < -0.4 is 0 Å². The molecule has 23 heavy (non-hydrogen) atoms. The van der Waals surface area contributed by atoms with Crippen molar-refractivity contribution < 1.29 is 4.79 Å². The van der Waals surface area contributed by atoms with E-state index in [1.54, 1.807) is 0 Å². The summed E-state index contributed by atoms with van der Waals surface area (Å²) in [5, 5.41) is 0. The summed E-state index contributed by atoms with van der Waals surface area (Å²) in [4.78, 5) is 15.3. The van der Waals surface area contributed by atoms with Crippen molar-refractivity contribution >= 4 is 5.78 Å². The van der Waals surface area contributed by atoms with Crippen LogP contribution in [-0.4, -0.2) is 31.3 Å². The predicted octanol–water partition coefficient (Wildman–Crippen LogP) is 4.22. The molecule has 0 fully saturated rings. The number of aryl methyl sites for hydroxylation is 3. The second-order valence-electron chi connectivity index (χ2n) is 6.79. The molecule has 0 aliphatic rings. The van der Waals surface area contributed by atoms with E-state index in [1.165, 1.54) is 11.1 Å². The average Bonchev–Trinajstić information content (AvgIpc) is 2.46. The first-order chi connectivity index (χ1) is 10.9. The molecule has 0 saturated heterocycles. The van der Waals surface area contributed by atoms with Gasteiger partial charge < -0.3 is 4.90 Å². The van der Waals surface area contributed by atoms with Crippen molar-refractivity contribution in [2.24, 2.45) is 5.92 Å². The van der Waals surface area contributed by atoms with Crippen LogP contribution in [0.25, 0.3) is 0 Å². The first-order valence-corrected chi connectivity index (χ1v) is 8.19. The third-order valence-corrected chi connectivity index (χ3v) is 4.20. The van der Waals surface area contributed by atoms with Crippen LogP contribution in [0.4, 0.5) is 0 Å². The zero-order valence-corrected chi connectivity index (χ0v) is 14.9. The number of carbonyl (C=O) groups excluding carboxylic acids is 1. The topological polar surface area (TPSA) is 20.3 Å². The van der Waals surface area contributed by atoms with Gasteiger partial charge in [0.25, 0.3) is 0 Å².